The van der Waals surface area contributed by atoms with Gasteiger partial charge in [0.15, 0.2) is 5.82 Å². The average Bonchev–Trinajstić information content (AvgIpc) is 2.76. The van der Waals surface area contributed by atoms with E-state index in [1.807, 2.05) is 19.2 Å². The van der Waals surface area contributed by atoms with E-state index in [0.29, 0.717) is 11.7 Å². The molecule has 6 heteroatoms. The predicted molar refractivity (Wildman–Crippen MR) is 67.7 cm³/mol. The second-order valence-electron chi connectivity index (χ2n) is 4.27. The third kappa shape index (κ3) is 3.27. The third-order valence-electron chi connectivity index (χ3n) is 2.65. The Balaban J connectivity index is 1.85. The number of aryl methyl sites for hydroxylation is 1. The molecule has 2 rings (SSSR count). The number of rotatable bonds is 5. The first-order valence-electron chi connectivity index (χ1n) is 5.82. The summed E-state index contributed by atoms with van der Waals surface area (Å²) in [7, 11) is 2.03. The lowest BCUT2D eigenvalue weighted by Gasteiger charge is -2.16. The number of nitrogens with zero attached hydrogens (tertiary/aromatic N) is 4. The second kappa shape index (κ2) is 5.59. The number of nitrogens with two attached hydrogens (primary N) is 1. The van der Waals surface area contributed by atoms with Gasteiger partial charge in [-0.2, -0.15) is 4.98 Å². The zero-order valence-electron chi connectivity index (χ0n) is 10.6. The highest BCUT2D eigenvalue weighted by atomic mass is 16.5. The van der Waals surface area contributed by atoms with Gasteiger partial charge in [0.1, 0.15) is 5.82 Å². The maximum Gasteiger partial charge on any atom is 0.223 e. The molecule has 0 aliphatic carbocycles. The van der Waals surface area contributed by atoms with Gasteiger partial charge in [-0.15, -0.1) is 0 Å². The lowest BCUT2D eigenvalue weighted by Crippen LogP contribution is -2.22. The number of hydrogen-bond donors (Lipinski definition) is 1. The molecule has 0 aromatic carbocycles. The molecular formula is C12H17N5O. The number of hydrogen-bond acceptors (Lipinski definition) is 6. The first-order valence-corrected chi connectivity index (χ1v) is 5.82. The zero-order chi connectivity index (χ0) is 13.0. The molecule has 2 N–H and O–H groups in total. The van der Waals surface area contributed by atoms with Crippen LogP contribution in [0.25, 0.3) is 0 Å². The van der Waals surface area contributed by atoms with Crippen LogP contribution in [-0.4, -0.2) is 33.6 Å². The number of pyridine rings is 1. The summed E-state index contributed by atoms with van der Waals surface area (Å²) >= 11 is 0. The molecule has 0 aliphatic rings. The molecule has 0 unspecified atom stereocenters. The molecule has 2 aromatic heterocycles. The Kier molecular flexibility index (Phi) is 3.88. The van der Waals surface area contributed by atoms with Crippen molar-refractivity contribution < 1.29 is 4.52 Å². The number of aromatic nitrogens is 3. The molecule has 0 aliphatic heterocycles. The topological polar surface area (TPSA) is 81.1 Å². The Labute approximate surface area is 106 Å². The number of anilines is 1. The lowest BCUT2D eigenvalue weighted by atomic mass is 10.2. The largest absolute Gasteiger partial charge is 0.383 e. The summed E-state index contributed by atoms with van der Waals surface area (Å²) in [4.78, 5) is 10.4. The predicted octanol–water partition coefficient (Wildman–Crippen LogP) is 1.03. The standard InChI is InChI=1S/C12H17N5O/c1-9-15-11(16-18-9)5-7-17(2)8-10-4-3-6-14-12(10)13/h3-4,6H,5,7-8H2,1-2H3,(H2,13,14). The molecule has 0 spiro atoms. The average molecular weight is 247 g/mol. The smallest absolute Gasteiger partial charge is 0.223 e. The number of likely N-dealkylation sites (N-methyl/N-ethyl adjacent to an activating group) is 1. The van der Waals surface area contributed by atoms with E-state index in [2.05, 4.69) is 20.0 Å². The van der Waals surface area contributed by atoms with Gasteiger partial charge < -0.3 is 15.2 Å². The molecule has 18 heavy (non-hydrogen) atoms. The zero-order valence-corrected chi connectivity index (χ0v) is 10.6. The molecule has 0 fully saturated rings. The summed E-state index contributed by atoms with van der Waals surface area (Å²) in [5, 5.41) is 3.86. The van der Waals surface area contributed by atoms with Crippen LogP contribution in [0.5, 0.6) is 0 Å². The van der Waals surface area contributed by atoms with Crippen molar-refractivity contribution in [3.8, 4) is 0 Å². The highest BCUT2D eigenvalue weighted by Crippen LogP contribution is 2.09. The van der Waals surface area contributed by atoms with Gasteiger partial charge >= 0.3 is 0 Å². The van der Waals surface area contributed by atoms with E-state index in [1.54, 1.807) is 13.1 Å². The van der Waals surface area contributed by atoms with Crippen LogP contribution < -0.4 is 5.73 Å². The van der Waals surface area contributed by atoms with Crippen molar-refractivity contribution in [3.63, 3.8) is 0 Å². The monoisotopic (exact) mass is 247 g/mol. The lowest BCUT2D eigenvalue weighted by molar-refractivity contribution is 0.324. The third-order valence-corrected chi connectivity index (χ3v) is 2.65. The van der Waals surface area contributed by atoms with Crippen molar-refractivity contribution in [2.24, 2.45) is 0 Å². The first-order chi connectivity index (χ1) is 8.65. The molecule has 0 saturated carbocycles. The summed E-state index contributed by atoms with van der Waals surface area (Å²) in [5.74, 6) is 1.92. The molecule has 0 radical (unpaired) electrons. The Morgan fingerprint density at radius 2 is 2.28 bits per heavy atom. The van der Waals surface area contributed by atoms with Crippen molar-refractivity contribution >= 4 is 5.82 Å². The first kappa shape index (κ1) is 12.5. The molecule has 96 valence electrons. The van der Waals surface area contributed by atoms with E-state index in [1.165, 1.54) is 0 Å². The van der Waals surface area contributed by atoms with Crippen LogP contribution in [0.3, 0.4) is 0 Å². The normalized spacial score (nSPS) is 11.1. The molecule has 0 atom stereocenters. The highest BCUT2D eigenvalue weighted by molar-refractivity contribution is 5.38. The van der Waals surface area contributed by atoms with Gasteiger partial charge in [-0.1, -0.05) is 11.2 Å². The van der Waals surface area contributed by atoms with E-state index >= 15 is 0 Å². The van der Waals surface area contributed by atoms with E-state index in [9.17, 15) is 0 Å². The van der Waals surface area contributed by atoms with Crippen molar-refractivity contribution in [1.29, 1.82) is 0 Å². The molecule has 0 saturated heterocycles. The Morgan fingerprint density at radius 1 is 1.44 bits per heavy atom. The highest BCUT2D eigenvalue weighted by Gasteiger charge is 2.07. The minimum absolute atomic E-state index is 0.583. The van der Waals surface area contributed by atoms with Crippen LogP contribution in [-0.2, 0) is 13.0 Å². The van der Waals surface area contributed by atoms with Crippen LogP contribution in [0.2, 0.25) is 0 Å². The van der Waals surface area contributed by atoms with Crippen LogP contribution in [0.15, 0.2) is 22.9 Å². The van der Waals surface area contributed by atoms with Gasteiger partial charge in [0.25, 0.3) is 0 Å². The molecule has 0 bridgehead atoms. The molecule has 2 aromatic rings. The molecular weight excluding hydrogens is 230 g/mol. The van der Waals surface area contributed by atoms with Gasteiger partial charge in [-0.3, -0.25) is 0 Å². The van der Waals surface area contributed by atoms with E-state index in [-0.39, 0.29) is 0 Å². The van der Waals surface area contributed by atoms with E-state index in [0.717, 1.165) is 30.9 Å². The van der Waals surface area contributed by atoms with Crippen LogP contribution in [0.4, 0.5) is 5.82 Å². The minimum atomic E-state index is 0.583. The second-order valence-corrected chi connectivity index (χ2v) is 4.27. The quantitative estimate of drug-likeness (QED) is 0.850. The van der Waals surface area contributed by atoms with Gasteiger partial charge in [0.05, 0.1) is 0 Å². The number of nitrogen functional groups attached to an aromatic ring is 1. The fourth-order valence-corrected chi connectivity index (χ4v) is 1.69. The SMILES string of the molecule is Cc1nc(CCN(C)Cc2cccnc2N)no1. The van der Waals surface area contributed by atoms with Crippen molar-refractivity contribution in [1.82, 2.24) is 20.0 Å². The summed E-state index contributed by atoms with van der Waals surface area (Å²) in [6, 6.07) is 3.87. The summed E-state index contributed by atoms with van der Waals surface area (Å²) < 4.78 is 4.92. The van der Waals surface area contributed by atoms with Crippen molar-refractivity contribution in [2.45, 2.75) is 19.9 Å². The minimum Gasteiger partial charge on any atom is -0.383 e. The van der Waals surface area contributed by atoms with Crippen LogP contribution >= 0.6 is 0 Å². The molecule has 0 amide bonds. The van der Waals surface area contributed by atoms with Crippen molar-refractivity contribution in [3.05, 3.63) is 35.6 Å². The van der Waals surface area contributed by atoms with Crippen LogP contribution in [0, 0.1) is 6.92 Å². The summed E-state index contributed by atoms with van der Waals surface area (Å²) in [6.45, 7) is 3.39. The Hall–Kier alpha value is -1.95. The van der Waals surface area contributed by atoms with Gasteiger partial charge in [-0.05, 0) is 13.1 Å². The van der Waals surface area contributed by atoms with E-state index in [4.69, 9.17) is 10.3 Å². The fraction of sp³-hybridized carbons (Fsp3) is 0.417. The van der Waals surface area contributed by atoms with Gasteiger partial charge in [-0.25, -0.2) is 4.98 Å². The Bertz CT molecular complexity index is 511. The maximum absolute atomic E-state index is 5.80. The van der Waals surface area contributed by atoms with Gasteiger partial charge in [0, 0.05) is 38.2 Å². The van der Waals surface area contributed by atoms with Crippen LogP contribution in [0.1, 0.15) is 17.3 Å². The molecule has 2 heterocycles. The van der Waals surface area contributed by atoms with Crippen molar-refractivity contribution in [2.75, 3.05) is 19.3 Å². The van der Waals surface area contributed by atoms with E-state index < -0.39 is 0 Å². The molecule has 6 nitrogen and oxygen atoms in total. The Morgan fingerprint density at radius 3 is 2.94 bits per heavy atom. The van der Waals surface area contributed by atoms with Gasteiger partial charge in [0.2, 0.25) is 5.89 Å². The summed E-state index contributed by atoms with van der Waals surface area (Å²) in [5.41, 5.74) is 6.83. The maximum atomic E-state index is 5.80. The summed E-state index contributed by atoms with van der Waals surface area (Å²) in [6.07, 6.45) is 2.45. The fourth-order valence-electron chi connectivity index (χ4n) is 1.69.